The molecule has 0 aliphatic carbocycles. The van der Waals surface area contributed by atoms with Crippen molar-refractivity contribution in [3.63, 3.8) is 0 Å². The normalized spacial score (nSPS) is 14.0. The number of phosphoric ester groups is 1. The Morgan fingerprint density at radius 2 is 0.945 bits per heavy atom. The molecule has 0 rings (SSSR count). The Morgan fingerprint density at radius 1 is 0.527 bits per heavy atom. The Morgan fingerprint density at radius 3 is 1.45 bits per heavy atom. The van der Waals surface area contributed by atoms with Crippen molar-refractivity contribution in [2.45, 2.75) is 187 Å². The average Bonchev–Trinajstić information content (AvgIpc) is 3.18. The van der Waals surface area contributed by atoms with Crippen molar-refractivity contribution in [1.82, 2.24) is 0 Å². The van der Waals surface area contributed by atoms with Crippen molar-refractivity contribution in [1.29, 1.82) is 0 Å². The molecule has 55 heavy (non-hydrogen) atoms. The first-order valence-electron chi connectivity index (χ1n) is 21.6. The SMILES string of the molecule is CC/C=C\C/C=C\C/C=C\C/C=C\C/C=C\CCCC(=O)OC(COC(=O)CCCCCCCCCCC/C=C\CCCCCCCC)COP(=O)(O)OC. The molecule has 316 valence electrons. The molecule has 0 aliphatic rings. The molecule has 8 nitrogen and oxygen atoms in total. The van der Waals surface area contributed by atoms with Gasteiger partial charge in [0.05, 0.1) is 6.61 Å². The molecule has 1 N–H and O–H groups in total. The van der Waals surface area contributed by atoms with Crippen molar-refractivity contribution >= 4 is 19.8 Å². The van der Waals surface area contributed by atoms with Gasteiger partial charge in [-0.05, 0) is 77.0 Å². The van der Waals surface area contributed by atoms with Gasteiger partial charge >= 0.3 is 19.8 Å². The highest BCUT2D eigenvalue weighted by molar-refractivity contribution is 7.47. The van der Waals surface area contributed by atoms with Gasteiger partial charge in [-0.15, -0.1) is 0 Å². The van der Waals surface area contributed by atoms with Gasteiger partial charge in [0, 0.05) is 20.0 Å². The minimum atomic E-state index is -4.28. The van der Waals surface area contributed by atoms with Crippen LogP contribution in [0.3, 0.4) is 0 Å². The number of rotatable bonds is 39. The van der Waals surface area contributed by atoms with Crippen LogP contribution in [-0.2, 0) is 32.7 Å². The van der Waals surface area contributed by atoms with Crippen molar-refractivity contribution < 1.29 is 37.6 Å². The number of phosphoric acid groups is 1. The van der Waals surface area contributed by atoms with Gasteiger partial charge in [-0.25, -0.2) is 4.57 Å². The van der Waals surface area contributed by atoms with Crippen molar-refractivity contribution in [3.8, 4) is 0 Å². The number of unbranched alkanes of at least 4 members (excludes halogenated alkanes) is 16. The number of carbonyl (C=O) groups is 2. The Bertz CT molecular complexity index is 1120. The maximum Gasteiger partial charge on any atom is 0.472 e. The molecule has 2 atom stereocenters. The fraction of sp³-hybridized carbons (Fsp3) is 0.696. The lowest BCUT2D eigenvalue weighted by Crippen LogP contribution is -2.29. The Balaban J connectivity index is 4.08. The highest BCUT2D eigenvalue weighted by Gasteiger charge is 2.24. The van der Waals surface area contributed by atoms with E-state index in [-0.39, 0.29) is 25.4 Å². The molecule has 0 aliphatic heterocycles. The number of hydrogen-bond acceptors (Lipinski definition) is 7. The number of allylic oxidation sites excluding steroid dienone is 12. The molecule has 0 bridgehead atoms. The summed E-state index contributed by atoms with van der Waals surface area (Å²) < 4.78 is 31.9. The van der Waals surface area contributed by atoms with Crippen molar-refractivity contribution in [2.24, 2.45) is 0 Å². The lowest BCUT2D eigenvalue weighted by atomic mass is 10.1. The first-order chi connectivity index (χ1) is 26.8. The fourth-order valence-electron chi connectivity index (χ4n) is 5.63. The van der Waals surface area contributed by atoms with E-state index < -0.39 is 26.5 Å². The molecule has 0 fully saturated rings. The molecule has 2 unspecified atom stereocenters. The van der Waals surface area contributed by atoms with Gasteiger partial charge in [-0.1, -0.05) is 164 Å². The number of hydrogen-bond donors (Lipinski definition) is 1. The van der Waals surface area contributed by atoms with Crippen molar-refractivity contribution in [3.05, 3.63) is 72.9 Å². The zero-order valence-corrected chi connectivity index (χ0v) is 36.0. The predicted molar refractivity (Wildman–Crippen MR) is 230 cm³/mol. The molecule has 9 heteroatoms. The molecular weight excluding hydrogens is 711 g/mol. The van der Waals surface area contributed by atoms with Gasteiger partial charge in [-0.2, -0.15) is 0 Å². The second-order valence-electron chi connectivity index (χ2n) is 14.1. The second kappa shape index (κ2) is 41.1. The molecule has 0 spiro atoms. The van der Waals surface area contributed by atoms with Gasteiger partial charge < -0.3 is 14.4 Å². The van der Waals surface area contributed by atoms with Crippen LogP contribution in [0.2, 0.25) is 0 Å². The maximum absolute atomic E-state index is 12.5. The molecule has 0 radical (unpaired) electrons. The van der Waals surface area contributed by atoms with E-state index in [1.54, 1.807) is 0 Å². The fourth-order valence-corrected chi connectivity index (χ4v) is 6.09. The third kappa shape index (κ3) is 41.0. The lowest BCUT2D eigenvalue weighted by Gasteiger charge is -2.19. The first-order valence-corrected chi connectivity index (χ1v) is 23.1. The van der Waals surface area contributed by atoms with Gasteiger partial charge in [0.15, 0.2) is 6.10 Å². The van der Waals surface area contributed by atoms with Crippen LogP contribution in [0.1, 0.15) is 181 Å². The molecule has 0 saturated heterocycles. The Hall–Kier alpha value is -2.51. The number of esters is 2. The van der Waals surface area contributed by atoms with Gasteiger partial charge in [0.1, 0.15) is 6.61 Å². The van der Waals surface area contributed by atoms with E-state index in [1.165, 1.54) is 89.9 Å². The molecule has 0 amide bonds. The van der Waals surface area contributed by atoms with Crippen LogP contribution in [0.15, 0.2) is 72.9 Å². The minimum absolute atomic E-state index is 0.163. The van der Waals surface area contributed by atoms with Crippen LogP contribution in [-0.4, -0.2) is 43.3 Å². The zero-order valence-electron chi connectivity index (χ0n) is 35.1. The summed E-state index contributed by atoms with van der Waals surface area (Å²) in [5, 5.41) is 0. The van der Waals surface area contributed by atoms with Crippen LogP contribution < -0.4 is 0 Å². The van der Waals surface area contributed by atoms with E-state index in [9.17, 15) is 19.0 Å². The molecule has 0 aromatic carbocycles. The van der Waals surface area contributed by atoms with E-state index in [1.807, 2.05) is 6.08 Å². The van der Waals surface area contributed by atoms with Gasteiger partial charge in [0.25, 0.3) is 0 Å². The highest BCUT2D eigenvalue weighted by atomic mass is 31.2. The van der Waals surface area contributed by atoms with E-state index in [0.717, 1.165) is 58.5 Å². The van der Waals surface area contributed by atoms with E-state index in [0.29, 0.717) is 12.8 Å². The third-order valence-corrected chi connectivity index (χ3v) is 9.87. The second-order valence-corrected chi connectivity index (χ2v) is 15.7. The third-order valence-electron chi connectivity index (χ3n) is 8.93. The monoisotopic (exact) mass is 791 g/mol. The summed E-state index contributed by atoms with van der Waals surface area (Å²) >= 11 is 0. The van der Waals surface area contributed by atoms with E-state index in [4.69, 9.17) is 14.0 Å². The number of ether oxygens (including phenoxy) is 2. The van der Waals surface area contributed by atoms with E-state index in [2.05, 4.69) is 85.2 Å². The Labute approximate surface area is 336 Å². The van der Waals surface area contributed by atoms with E-state index >= 15 is 0 Å². The molecule has 0 heterocycles. The standard InChI is InChI=1S/C46H79O8P/c1-4-6-8-10-12-14-16-18-20-22-23-25-26-28-30-32-34-36-38-40-45(47)52-42-44(43-53-55(49,50)51-3)54-46(48)41-39-37-35-33-31-29-27-24-21-19-17-15-13-11-9-7-5-2/h7,9,13,15,18-21,27,29,33,35,44H,4-6,8,10-12,14,16-17,22-26,28,30-32,34,36-43H2,1-3H3,(H,49,50)/b9-7-,15-13-,20-18-,21-19-,29-27-,35-33-. The van der Waals surface area contributed by atoms with Crippen LogP contribution >= 0.6 is 7.82 Å². The largest absolute Gasteiger partial charge is 0.472 e. The molecule has 0 aromatic rings. The molecule has 0 saturated carbocycles. The van der Waals surface area contributed by atoms with Crippen LogP contribution in [0.5, 0.6) is 0 Å². The summed E-state index contributed by atoms with van der Waals surface area (Å²) in [6.07, 6.45) is 52.5. The van der Waals surface area contributed by atoms with Gasteiger partial charge in [-0.3, -0.25) is 18.6 Å². The zero-order chi connectivity index (χ0) is 40.3. The summed E-state index contributed by atoms with van der Waals surface area (Å²) in [5.41, 5.74) is 0. The van der Waals surface area contributed by atoms with Crippen molar-refractivity contribution in [2.75, 3.05) is 20.3 Å². The smallest absolute Gasteiger partial charge is 0.462 e. The lowest BCUT2D eigenvalue weighted by molar-refractivity contribution is -0.161. The number of carbonyl (C=O) groups excluding carboxylic acids is 2. The quantitative estimate of drug-likeness (QED) is 0.0284. The molecule has 0 aromatic heterocycles. The topological polar surface area (TPSA) is 108 Å². The molecular formula is C46H79O8P. The summed E-state index contributed by atoms with van der Waals surface area (Å²) in [7, 11) is -3.23. The highest BCUT2D eigenvalue weighted by Crippen LogP contribution is 2.42. The Kier molecular flexibility index (Phi) is 39.3. The summed E-state index contributed by atoms with van der Waals surface area (Å²) in [5.74, 6) is -0.878. The average molecular weight is 791 g/mol. The predicted octanol–water partition coefficient (Wildman–Crippen LogP) is 13.7. The summed E-state index contributed by atoms with van der Waals surface area (Å²) in [4.78, 5) is 34.5. The first kappa shape index (κ1) is 52.5. The summed E-state index contributed by atoms with van der Waals surface area (Å²) in [6, 6.07) is 0. The maximum atomic E-state index is 12.5. The van der Waals surface area contributed by atoms with Crippen LogP contribution in [0.25, 0.3) is 0 Å². The minimum Gasteiger partial charge on any atom is -0.462 e. The van der Waals surface area contributed by atoms with Crippen LogP contribution in [0.4, 0.5) is 0 Å². The summed E-state index contributed by atoms with van der Waals surface area (Å²) in [6.45, 7) is 3.72. The van der Waals surface area contributed by atoms with Gasteiger partial charge in [0.2, 0.25) is 0 Å². The van der Waals surface area contributed by atoms with Crippen LogP contribution in [0, 0.1) is 0 Å².